The Balaban J connectivity index is 1.71. The van der Waals surface area contributed by atoms with Gasteiger partial charge >= 0.3 is 5.97 Å². The SMILES string of the molecule is CCCCCCC(C)(C)c1cc(OCc2ccccc2)c2c(c1)OC(C)(C)CC2C(=O)Oc1ccc([N+](=O)[O-])cc1. The van der Waals surface area contributed by atoms with Crippen molar-refractivity contribution in [3.63, 3.8) is 0 Å². The molecular weight excluding hydrogens is 518 g/mol. The molecule has 7 nitrogen and oxygen atoms in total. The lowest BCUT2D eigenvalue weighted by Gasteiger charge is -2.38. The number of esters is 1. The average Bonchev–Trinajstić information content (AvgIpc) is 2.93. The first-order valence-corrected chi connectivity index (χ1v) is 14.5. The number of non-ortho nitro benzene ring substituents is 1. The highest BCUT2D eigenvalue weighted by molar-refractivity contribution is 5.83. The van der Waals surface area contributed by atoms with E-state index in [1.165, 1.54) is 43.5 Å². The van der Waals surface area contributed by atoms with Crippen LogP contribution in [0.15, 0.2) is 66.7 Å². The van der Waals surface area contributed by atoms with Crippen LogP contribution in [0, 0.1) is 10.1 Å². The molecule has 0 bridgehead atoms. The van der Waals surface area contributed by atoms with Crippen LogP contribution in [-0.2, 0) is 16.8 Å². The minimum Gasteiger partial charge on any atom is -0.488 e. The number of fused-ring (bicyclic) bond motifs is 1. The third kappa shape index (κ3) is 7.66. The highest BCUT2D eigenvalue weighted by Gasteiger charge is 2.42. The Kier molecular flexibility index (Phi) is 9.36. The molecule has 41 heavy (non-hydrogen) atoms. The lowest BCUT2D eigenvalue weighted by molar-refractivity contribution is -0.384. The maximum absolute atomic E-state index is 13.7. The van der Waals surface area contributed by atoms with Crippen molar-refractivity contribution < 1.29 is 23.9 Å². The number of ether oxygens (including phenoxy) is 3. The molecule has 3 aromatic rings. The number of hydrogen-bond acceptors (Lipinski definition) is 6. The summed E-state index contributed by atoms with van der Waals surface area (Å²) in [5.74, 6) is 0.408. The summed E-state index contributed by atoms with van der Waals surface area (Å²) in [4.78, 5) is 24.2. The van der Waals surface area contributed by atoms with Gasteiger partial charge in [0.1, 0.15) is 29.5 Å². The molecule has 0 aliphatic carbocycles. The van der Waals surface area contributed by atoms with E-state index in [1.807, 2.05) is 44.2 Å². The Morgan fingerprint density at radius 3 is 2.41 bits per heavy atom. The van der Waals surface area contributed by atoms with Gasteiger partial charge in [0.2, 0.25) is 0 Å². The molecule has 3 aromatic carbocycles. The third-order valence-electron chi connectivity index (χ3n) is 7.76. The Bertz CT molecular complexity index is 1350. The van der Waals surface area contributed by atoms with E-state index >= 15 is 0 Å². The Morgan fingerprint density at radius 1 is 1.05 bits per heavy atom. The molecule has 0 N–H and O–H groups in total. The van der Waals surface area contributed by atoms with E-state index in [1.54, 1.807) is 0 Å². The first-order valence-electron chi connectivity index (χ1n) is 14.5. The van der Waals surface area contributed by atoms with Crippen molar-refractivity contribution >= 4 is 11.7 Å². The molecule has 1 atom stereocenters. The van der Waals surface area contributed by atoms with Crippen molar-refractivity contribution in [2.75, 3.05) is 0 Å². The molecule has 1 heterocycles. The molecule has 0 saturated heterocycles. The van der Waals surface area contributed by atoms with Crippen LogP contribution in [0.5, 0.6) is 17.2 Å². The molecule has 0 amide bonds. The minimum atomic E-state index is -0.642. The molecule has 1 unspecified atom stereocenters. The number of carbonyl (C=O) groups is 1. The van der Waals surface area contributed by atoms with Crippen molar-refractivity contribution in [2.24, 2.45) is 0 Å². The van der Waals surface area contributed by atoms with Gasteiger partial charge in [0, 0.05) is 18.6 Å². The fourth-order valence-corrected chi connectivity index (χ4v) is 5.37. The van der Waals surface area contributed by atoms with E-state index in [-0.39, 0.29) is 16.9 Å². The largest absolute Gasteiger partial charge is 0.488 e. The molecule has 4 rings (SSSR count). The molecule has 7 heteroatoms. The summed E-state index contributed by atoms with van der Waals surface area (Å²) in [6.45, 7) is 11.0. The van der Waals surface area contributed by atoms with Gasteiger partial charge in [0.05, 0.1) is 16.4 Å². The summed E-state index contributed by atoms with van der Waals surface area (Å²) in [5.41, 5.74) is 2.00. The molecule has 1 aliphatic heterocycles. The first-order chi connectivity index (χ1) is 19.5. The zero-order chi connectivity index (χ0) is 29.6. The number of benzene rings is 3. The van der Waals surface area contributed by atoms with Gasteiger partial charge in [-0.15, -0.1) is 0 Å². The van der Waals surface area contributed by atoms with E-state index < -0.39 is 22.4 Å². The number of rotatable bonds is 12. The normalized spacial score (nSPS) is 15.9. The second-order valence-corrected chi connectivity index (χ2v) is 12.1. The number of unbranched alkanes of at least 4 members (excludes halogenated alkanes) is 3. The maximum Gasteiger partial charge on any atom is 0.319 e. The number of carbonyl (C=O) groups excluding carboxylic acids is 1. The van der Waals surface area contributed by atoms with Crippen LogP contribution in [0.4, 0.5) is 5.69 Å². The van der Waals surface area contributed by atoms with Gasteiger partial charge in [-0.3, -0.25) is 14.9 Å². The molecule has 0 aromatic heterocycles. The molecule has 0 fully saturated rings. The Labute approximate surface area is 243 Å². The van der Waals surface area contributed by atoms with Crippen LogP contribution in [0.1, 0.15) is 95.8 Å². The van der Waals surface area contributed by atoms with E-state index in [0.717, 1.165) is 24.0 Å². The summed E-state index contributed by atoms with van der Waals surface area (Å²) in [6, 6.07) is 19.6. The smallest absolute Gasteiger partial charge is 0.319 e. The van der Waals surface area contributed by atoms with E-state index in [9.17, 15) is 14.9 Å². The van der Waals surface area contributed by atoms with E-state index in [0.29, 0.717) is 30.1 Å². The highest BCUT2D eigenvalue weighted by Crippen LogP contribution is 2.49. The Morgan fingerprint density at radius 2 is 1.76 bits per heavy atom. The zero-order valence-electron chi connectivity index (χ0n) is 24.8. The monoisotopic (exact) mass is 559 g/mol. The van der Waals surface area contributed by atoms with Gasteiger partial charge in [-0.2, -0.15) is 0 Å². The van der Waals surface area contributed by atoms with Gasteiger partial charge < -0.3 is 14.2 Å². The average molecular weight is 560 g/mol. The predicted molar refractivity (Wildman–Crippen MR) is 160 cm³/mol. The second-order valence-electron chi connectivity index (χ2n) is 12.1. The highest BCUT2D eigenvalue weighted by atomic mass is 16.6. The minimum absolute atomic E-state index is 0.0659. The summed E-state index contributed by atoms with van der Waals surface area (Å²) in [6.07, 6.45) is 6.17. The predicted octanol–water partition coefficient (Wildman–Crippen LogP) is 8.67. The number of hydrogen-bond donors (Lipinski definition) is 0. The molecule has 0 radical (unpaired) electrons. The van der Waals surface area contributed by atoms with Crippen molar-refractivity contribution in [1.82, 2.24) is 0 Å². The number of nitro groups is 1. The summed E-state index contributed by atoms with van der Waals surface area (Å²) in [5, 5.41) is 11.0. The van der Waals surface area contributed by atoms with E-state index in [2.05, 4.69) is 32.9 Å². The molecule has 218 valence electrons. The van der Waals surface area contributed by atoms with Crippen molar-refractivity contribution in [2.45, 2.75) is 96.7 Å². The van der Waals surface area contributed by atoms with Crippen LogP contribution in [0.25, 0.3) is 0 Å². The maximum atomic E-state index is 13.7. The zero-order valence-corrected chi connectivity index (χ0v) is 24.8. The second kappa shape index (κ2) is 12.8. The topological polar surface area (TPSA) is 87.9 Å². The standard InChI is InChI=1S/C34H41NO6/c1-6-7-8-12-19-33(2,3)25-20-29(39-23-24-13-10-9-11-14-24)31-28(22-34(4,5)41-30(31)21-25)32(36)40-27-17-15-26(16-18-27)35(37)38/h9-11,13-18,20-21,28H,6-8,12,19,22-23H2,1-5H3. The molecular formula is C34H41NO6. The Hall–Kier alpha value is -3.87. The van der Waals surface area contributed by atoms with Crippen LogP contribution < -0.4 is 14.2 Å². The quantitative estimate of drug-likeness (QED) is 0.0725. The molecule has 1 aliphatic rings. The van der Waals surface area contributed by atoms with Crippen LogP contribution >= 0.6 is 0 Å². The van der Waals surface area contributed by atoms with Crippen molar-refractivity contribution in [3.05, 3.63) is 93.5 Å². The van der Waals surface area contributed by atoms with Crippen LogP contribution in [-0.4, -0.2) is 16.5 Å². The lowest BCUT2D eigenvalue weighted by Crippen LogP contribution is -2.39. The summed E-state index contributed by atoms with van der Waals surface area (Å²) < 4.78 is 18.7. The number of nitrogens with zero attached hydrogens (tertiary/aromatic N) is 1. The summed E-state index contributed by atoms with van der Waals surface area (Å²) >= 11 is 0. The fraction of sp³-hybridized carbons (Fsp3) is 0.441. The third-order valence-corrected chi connectivity index (χ3v) is 7.76. The van der Waals surface area contributed by atoms with Gasteiger partial charge in [0.15, 0.2) is 0 Å². The van der Waals surface area contributed by atoms with Crippen molar-refractivity contribution in [1.29, 1.82) is 0 Å². The van der Waals surface area contributed by atoms with Crippen molar-refractivity contribution in [3.8, 4) is 17.2 Å². The molecule has 0 saturated carbocycles. The van der Waals surface area contributed by atoms with Gasteiger partial charge in [-0.1, -0.05) is 76.8 Å². The van der Waals surface area contributed by atoms with Gasteiger partial charge in [0.25, 0.3) is 5.69 Å². The summed E-state index contributed by atoms with van der Waals surface area (Å²) in [7, 11) is 0. The van der Waals surface area contributed by atoms with Crippen LogP contribution in [0.3, 0.4) is 0 Å². The lowest BCUT2D eigenvalue weighted by atomic mass is 9.77. The molecule has 0 spiro atoms. The van der Waals surface area contributed by atoms with Crippen LogP contribution in [0.2, 0.25) is 0 Å². The van der Waals surface area contributed by atoms with E-state index in [4.69, 9.17) is 14.2 Å². The fourth-order valence-electron chi connectivity index (χ4n) is 5.37. The van der Waals surface area contributed by atoms with Gasteiger partial charge in [-0.05, 0) is 61.1 Å². The number of nitro benzene ring substituents is 1. The first kappa shape index (κ1) is 30.1. The van der Waals surface area contributed by atoms with Gasteiger partial charge in [-0.25, -0.2) is 0 Å².